The quantitative estimate of drug-likeness (QED) is 0.396. The molecule has 5 atom stereocenters. The maximum absolute atomic E-state index is 13.8. The second-order valence-corrected chi connectivity index (χ2v) is 9.71. The van der Waals surface area contributed by atoms with E-state index in [1.807, 2.05) is 17.7 Å². The average molecular weight is 460 g/mol. The van der Waals surface area contributed by atoms with Gasteiger partial charge in [-0.3, -0.25) is 9.69 Å². The minimum Gasteiger partial charge on any atom is -0.361 e. The molecule has 1 saturated carbocycles. The highest BCUT2D eigenvalue weighted by atomic mass is 19.1. The highest BCUT2D eigenvalue weighted by Gasteiger charge is 2.47. The number of anilines is 2. The first-order chi connectivity index (χ1) is 15.5. The van der Waals surface area contributed by atoms with Crippen molar-refractivity contribution in [3.63, 3.8) is 0 Å². The number of alkyl halides is 1. The van der Waals surface area contributed by atoms with Gasteiger partial charge >= 0.3 is 0 Å². The van der Waals surface area contributed by atoms with Crippen molar-refractivity contribution < 1.29 is 13.9 Å². The van der Waals surface area contributed by atoms with Gasteiger partial charge in [-0.2, -0.15) is 0 Å². The minimum atomic E-state index is -1.11. The molecular weight excluding hydrogens is 421 g/mol. The summed E-state index contributed by atoms with van der Waals surface area (Å²) in [7, 11) is 3.43. The number of imidazole rings is 1. The lowest BCUT2D eigenvalue weighted by atomic mass is 9.79. The van der Waals surface area contributed by atoms with Crippen LogP contribution in [0, 0.1) is 17.8 Å². The Balaban J connectivity index is 2.13. The molecule has 3 rings (SSSR count). The van der Waals surface area contributed by atoms with Gasteiger partial charge in [0.25, 0.3) is 0 Å². The van der Waals surface area contributed by atoms with Crippen molar-refractivity contribution in [2.24, 2.45) is 24.8 Å². The summed E-state index contributed by atoms with van der Waals surface area (Å²) in [5.74, 6) is 0.781. The van der Waals surface area contributed by atoms with Crippen LogP contribution < -0.4 is 10.2 Å². The van der Waals surface area contributed by atoms with Gasteiger partial charge in [-0.15, -0.1) is 0 Å². The largest absolute Gasteiger partial charge is 0.361 e. The molecule has 8 heteroatoms. The fourth-order valence-electron chi connectivity index (χ4n) is 4.14. The summed E-state index contributed by atoms with van der Waals surface area (Å²) >= 11 is 0. The first-order valence-electron chi connectivity index (χ1n) is 11.8. The third-order valence-electron chi connectivity index (χ3n) is 6.94. The van der Waals surface area contributed by atoms with Gasteiger partial charge in [0.2, 0.25) is 5.91 Å². The maximum atomic E-state index is 13.8. The number of nitrogens with zero attached hydrogens (tertiary/aromatic N) is 4. The molecule has 0 radical (unpaired) electrons. The average Bonchev–Trinajstić information content (AvgIpc) is 3.40. The Labute approximate surface area is 196 Å². The highest BCUT2D eigenvalue weighted by molar-refractivity contribution is 6.03. The predicted molar refractivity (Wildman–Crippen MR) is 131 cm³/mol. The van der Waals surface area contributed by atoms with E-state index in [0.717, 1.165) is 11.9 Å². The number of pyridine rings is 1. The second kappa shape index (κ2) is 9.79. The summed E-state index contributed by atoms with van der Waals surface area (Å²) in [6.07, 6.45) is 5.50. The Bertz CT molecular complexity index is 1020. The lowest BCUT2D eigenvalue weighted by Crippen LogP contribution is -2.43. The number of methoxy groups -OCH3 is 1. The summed E-state index contributed by atoms with van der Waals surface area (Å²) in [6.45, 7) is 12.7. The molecule has 182 valence electrons. The standard InChI is InChI=1S/C25H38FN5O2/c1-9-10-11-25(6,16(4)15(2)3)29-21-13-20-22(27-14-30(20)7)23(28-21)31(17(5)33-8)24(32)18-12-19(18)26/h10-11,13-19H,9,12H2,1-8H3,(H,28,29)/b11-10+/t16?,17?,18-,19+,25+/m0/s1. The van der Waals surface area contributed by atoms with E-state index in [1.54, 1.807) is 13.3 Å². The van der Waals surface area contributed by atoms with Gasteiger partial charge in [0.05, 0.1) is 23.3 Å². The monoisotopic (exact) mass is 459 g/mol. The zero-order chi connectivity index (χ0) is 24.5. The van der Waals surface area contributed by atoms with Crippen molar-refractivity contribution in [1.82, 2.24) is 14.5 Å². The molecule has 1 aliphatic rings. The summed E-state index contributed by atoms with van der Waals surface area (Å²) in [4.78, 5) is 24.0. The van der Waals surface area contributed by atoms with Gasteiger partial charge in [0.15, 0.2) is 5.82 Å². The van der Waals surface area contributed by atoms with Gasteiger partial charge in [-0.1, -0.05) is 39.8 Å². The lowest BCUT2D eigenvalue weighted by molar-refractivity contribution is -0.122. The normalized spacial score (nSPS) is 21.9. The Morgan fingerprint density at radius 3 is 2.64 bits per heavy atom. The van der Waals surface area contributed by atoms with Gasteiger partial charge in [-0.25, -0.2) is 14.4 Å². The summed E-state index contributed by atoms with van der Waals surface area (Å²) in [5.41, 5.74) is 1.05. The molecule has 1 N–H and O–H groups in total. The molecule has 0 saturated heterocycles. The van der Waals surface area contributed by atoms with Crippen molar-refractivity contribution >= 4 is 28.6 Å². The number of aryl methyl sites for hydroxylation is 1. The van der Waals surface area contributed by atoms with Gasteiger partial charge < -0.3 is 14.6 Å². The SMILES string of the molecule is CC/C=C/[C@@](C)(Nc1cc2c(ncn2C)c(N(C(=O)[C@H]2C[C@H]2F)C(C)OC)n1)C(C)C(C)C. The molecule has 0 aliphatic heterocycles. The molecule has 2 aromatic heterocycles. The number of hydrogen-bond acceptors (Lipinski definition) is 5. The number of nitrogens with one attached hydrogen (secondary N) is 1. The number of amides is 1. The third-order valence-corrected chi connectivity index (χ3v) is 6.94. The summed E-state index contributed by atoms with van der Waals surface area (Å²) in [6, 6.07) is 1.95. The van der Waals surface area contributed by atoms with Crippen LogP contribution in [-0.4, -0.2) is 45.5 Å². The minimum absolute atomic E-state index is 0.237. The van der Waals surface area contributed by atoms with E-state index < -0.39 is 18.3 Å². The smallest absolute Gasteiger partial charge is 0.236 e. The van der Waals surface area contributed by atoms with Crippen LogP contribution in [0.5, 0.6) is 0 Å². The molecule has 0 bridgehead atoms. The van der Waals surface area contributed by atoms with Crippen LogP contribution in [0.4, 0.5) is 16.0 Å². The van der Waals surface area contributed by atoms with Crippen molar-refractivity contribution in [1.29, 1.82) is 0 Å². The fourth-order valence-corrected chi connectivity index (χ4v) is 4.14. The molecule has 1 amide bonds. The van der Waals surface area contributed by atoms with Crippen LogP contribution in [-0.2, 0) is 16.6 Å². The van der Waals surface area contributed by atoms with Crippen LogP contribution >= 0.6 is 0 Å². The number of fused-ring (bicyclic) bond motifs is 1. The van der Waals surface area contributed by atoms with Crippen molar-refractivity contribution in [2.75, 3.05) is 17.3 Å². The Hall–Kier alpha value is -2.48. The zero-order valence-corrected chi connectivity index (χ0v) is 21.1. The molecule has 0 aromatic carbocycles. The molecule has 2 aromatic rings. The van der Waals surface area contributed by atoms with Gasteiger partial charge in [-0.05, 0) is 38.5 Å². The molecular formula is C25H38FN5O2. The zero-order valence-electron chi connectivity index (χ0n) is 21.1. The molecule has 1 aliphatic carbocycles. The van der Waals surface area contributed by atoms with Gasteiger partial charge in [0.1, 0.15) is 23.7 Å². The molecule has 1 fully saturated rings. The number of rotatable bonds is 10. The number of carbonyl (C=O) groups excluding carboxylic acids is 1. The molecule has 33 heavy (non-hydrogen) atoms. The van der Waals surface area contributed by atoms with E-state index in [-0.39, 0.29) is 17.9 Å². The summed E-state index contributed by atoms with van der Waals surface area (Å²) in [5, 5.41) is 3.63. The van der Waals surface area contributed by atoms with Crippen LogP contribution in [0.2, 0.25) is 0 Å². The van der Waals surface area contributed by atoms with Crippen LogP contribution in [0.15, 0.2) is 24.5 Å². The number of carbonyl (C=O) groups is 1. The molecule has 7 nitrogen and oxygen atoms in total. The van der Waals surface area contributed by atoms with E-state index in [1.165, 1.54) is 12.0 Å². The maximum Gasteiger partial charge on any atom is 0.236 e. The van der Waals surface area contributed by atoms with E-state index in [0.29, 0.717) is 29.0 Å². The van der Waals surface area contributed by atoms with Gasteiger partial charge in [0, 0.05) is 20.2 Å². The van der Waals surface area contributed by atoms with E-state index in [4.69, 9.17) is 9.72 Å². The van der Waals surface area contributed by atoms with E-state index in [9.17, 15) is 9.18 Å². The first kappa shape index (κ1) is 25.1. The number of halogens is 1. The number of aromatic nitrogens is 3. The van der Waals surface area contributed by atoms with Crippen LogP contribution in [0.1, 0.15) is 54.4 Å². The van der Waals surface area contributed by atoms with E-state index in [2.05, 4.69) is 57.1 Å². The lowest BCUT2D eigenvalue weighted by Gasteiger charge is -2.37. The third kappa shape index (κ3) is 5.05. The van der Waals surface area contributed by atoms with Crippen molar-refractivity contribution in [3.05, 3.63) is 24.5 Å². The molecule has 2 unspecified atom stereocenters. The predicted octanol–water partition coefficient (Wildman–Crippen LogP) is 5.08. The highest BCUT2D eigenvalue weighted by Crippen LogP contribution is 2.39. The fraction of sp³-hybridized carbons (Fsp3) is 0.640. The number of allylic oxidation sites excluding steroid dienone is 1. The molecule has 0 spiro atoms. The second-order valence-electron chi connectivity index (χ2n) is 9.71. The Morgan fingerprint density at radius 2 is 2.09 bits per heavy atom. The first-order valence-corrected chi connectivity index (χ1v) is 11.8. The van der Waals surface area contributed by atoms with E-state index >= 15 is 0 Å². The van der Waals surface area contributed by atoms with Crippen molar-refractivity contribution in [3.8, 4) is 0 Å². The number of ether oxygens (including phenoxy) is 1. The van der Waals surface area contributed by atoms with Crippen LogP contribution in [0.3, 0.4) is 0 Å². The molecule has 2 heterocycles. The number of hydrogen-bond donors (Lipinski definition) is 1. The Morgan fingerprint density at radius 1 is 1.42 bits per heavy atom. The van der Waals surface area contributed by atoms with Crippen molar-refractivity contribution in [2.45, 2.75) is 72.3 Å². The van der Waals surface area contributed by atoms with Crippen LogP contribution in [0.25, 0.3) is 11.0 Å². The topological polar surface area (TPSA) is 72.3 Å². The summed E-state index contributed by atoms with van der Waals surface area (Å²) < 4.78 is 21.2. The Kier molecular flexibility index (Phi) is 7.46.